The minimum Gasteiger partial charge on any atom is -0.287 e. The van der Waals surface area contributed by atoms with Crippen LogP contribution in [-0.2, 0) is 0 Å². The second-order valence-electron chi connectivity index (χ2n) is 3.73. The molecular formula is C13H9NOS. The van der Waals surface area contributed by atoms with Crippen LogP contribution in [0.25, 0.3) is 20.3 Å². The number of fused-ring (bicyclic) bond motifs is 2. The summed E-state index contributed by atoms with van der Waals surface area (Å²) in [4.78, 5) is 16.5. The zero-order valence-corrected chi connectivity index (χ0v) is 9.54. The Morgan fingerprint density at radius 1 is 1.06 bits per heavy atom. The van der Waals surface area contributed by atoms with Crippen LogP contribution in [0.2, 0.25) is 0 Å². The van der Waals surface area contributed by atoms with Crippen LogP contribution >= 0.6 is 11.3 Å². The summed E-state index contributed by atoms with van der Waals surface area (Å²) in [6, 6.07) is 11.6. The molecule has 1 aromatic carbocycles. The fraction of sp³-hybridized carbons (Fsp3) is 0.0769. The van der Waals surface area contributed by atoms with Crippen molar-refractivity contribution in [2.45, 2.75) is 6.92 Å². The Bertz CT molecular complexity index is 746. The summed E-state index contributed by atoms with van der Waals surface area (Å²) in [6.07, 6.45) is 0. The second-order valence-corrected chi connectivity index (χ2v) is 4.81. The van der Waals surface area contributed by atoms with E-state index in [-0.39, 0.29) is 5.43 Å². The van der Waals surface area contributed by atoms with Crippen molar-refractivity contribution in [3.05, 3.63) is 52.3 Å². The molecule has 16 heavy (non-hydrogen) atoms. The largest absolute Gasteiger partial charge is 0.287 e. The van der Waals surface area contributed by atoms with Crippen LogP contribution in [0.15, 0.2) is 41.2 Å². The third-order valence-electron chi connectivity index (χ3n) is 2.56. The first-order valence-corrected chi connectivity index (χ1v) is 5.86. The Hall–Kier alpha value is -1.74. The molecule has 0 aliphatic heterocycles. The van der Waals surface area contributed by atoms with E-state index in [9.17, 15) is 4.79 Å². The lowest BCUT2D eigenvalue weighted by Gasteiger charge is -2.00. The van der Waals surface area contributed by atoms with Crippen molar-refractivity contribution in [2.24, 2.45) is 0 Å². The summed E-state index contributed by atoms with van der Waals surface area (Å²) in [5, 5.41) is 0.762. The van der Waals surface area contributed by atoms with Crippen LogP contribution in [0.3, 0.4) is 0 Å². The maximum Gasteiger partial charge on any atom is 0.214 e. The van der Waals surface area contributed by atoms with Gasteiger partial charge in [-0.15, -0.1) is 11.3 Å². The smallest absolute Gasteiger partial charge is 0.214 e. The van der Waals surface area contributed by atoms with Gasteiger partial charge in [0.15, 0.2) is 0 Å². The van der Waals surface area contributed by atoms with Crippen LogP contribution < -0.4 is 5.43 Å². The van der Waals surface area contributed by atoms with Gasteiger partial charge in [-0.3, -0.25) is 4.79 Å². The molecule has 0 bridgehead atoms. The Morgan fingerprint density at radius 2 is 1.88 bits per heavy atom. The molecule has 0 saturated carbocycles. The van der Waals surface area contributed by atoms with Gasteiger partial charge >= 0.3 is 0 Å². The van der Waals surface area contributed by atoms with E-state index in [1.54, 1.807) is 11.3 Å². The van der Waals surface area contributed by atoms with E-state index in [2.05, 4.69) is 4.98 Å². The summed E-state index contributed by atoms with van der Waals surface area (Å²) in [5.41, 5.74) is 1.50. The van der Waals surface area contributed by atoms with Gasteiger partial charge in [-0.25, -0.2) is 4.98 Å². The van der Waals surface area contributed by atoms with Gasteiger partial charge in [0, 0.05) is 15.8 Å². The van der Waals surface area contributed by atoms with Crippen molar-refractivity contribution in [2.75, 3.05) is 0 Å². The summed E-state index contributed by atoms with van der Waals surface area (Å²) in [5.74, 6) is 0. The van der Waals surface area contributed by atoms with Gasteiger partial charge < -0.3 is 0 Å². The SMILES string of the molecule is Cc1ccc2sc3ccccc3c(=O)c2n1. The van der Waals surface area contributed by atoms with E-state index in [4.69, 9.17) is 0 Å². The average molecular weight is 227 g/mol. The van der Waals surface area contributed by atoms with Crippen molar-refractivity contribution in [1.29, 1.82) is 0 Å². The molecule has 0 radical (unpaired) electrons. The highest BCUT2D eigenvalue weighted by Gasteiger charge is 2.06. The van der Waals surface area contributed by atoms with Crippen LogP contribution in [0, 0.1) is 6.92 Å². The zero-order valence-electron chi connectivity index (χ0n) is 8.73. The van der Waals surface area contributed by atoms with Crippen molar-refractivity contribution in [3.63, 3.8) is 0 Å². The lowest BCUT2D eigenvalue weighted by atomic mass is 10.2. The molecule has 78 valence electrons. The quantitative estimate of drug-likeness (QED) is 0.552. The van der Waals surface area contributed by atoms with Crippen molar-refractivity contribution < 1.29 is 0 Å². The molecule has 3 aromatic rings. The molecule has 2 aromatic heterocycles. The van der Waals surface area contributed by atoms with Gasteiger partial charge in [0.2, 0.25) is 5.43 Å². The van der Waals surface area contributed by atoms with Crippen LogP contribution in [0.5, 0.6) is 0 Å². The number of rotatable bonds is 0. The first kappa shape index (κ1) is 9.48. The molecule has 0 aliphatic rings. The highest BCUT2D eigenvalue weighted by molar-refractivity contribution is 7.24. The van der Waals surface area contributed by atoms with Crippen LogP contribution in [0.4, 0.5) is 0 Å². The molecule has 0 saturated heterocycles. The molecule has 0 spiro atoms. The van der Waals surface area contributed by atoms with Gasteiger partial charge in [0.05, 0.1) is 4.70 Å². The molecule has 0 unspecified atom stereocenters. The monoisotopic (exact) mass is 227 g/mol. The lowest BCUT2D eigenvalue weighted by molar-refractivity contribution is 1.25. The maximum atomic E-state index is 12.2. The lowest BCUT2D eigenvalue weighted by Crippen LogP contribution is -2.03. The predicted octanol–water partition coefficient (Wildman–Crippen LogP) is 3.12. The number of hydrogen-bond acceptors (Lipinski definition) is 3. The normalized spacial score (nSPS) is 11.1. The number of benzene rings is 1. The Balaban J connectivity index is 2.61. The summed E-state index contributed by atoms with van der Waals surface area (Å²) >= 11 is 1.61. The minimum absolute atomic E-state index is 0.0352. The van der Waals surface area contributed by atoms with Crippen molar-refractivity contribution in [3.8, 4) is 0 Å². The first-order valence-electron chi connectivity index (χ1n) is 5.05. The van der Waals surface area contributed by atoms with Crippen LogP contribution in [-0.4, -0.2) is 4.98 Å². The number of hydrogen-bond donors (Lipinski definition) is 0. The maximum absolute atomic E-state index is 12.2. The molecule has 0 amide bonds. The summed E-state index contributed by atoms with van der Waals surface area (Å²) in [6.45, 7) is 1.90. The molecule has 3 heteroatoms. The fourth-order valence-corrected chi connectivity index (χ4v) is 2.80. The third kappa shape index (κ3) is 1.32. The van der Waals surface area contributed by atoms with E-state index < -0.39 is 0 Å². The van der Waals surface area contributed by atoms with E-state index in [0.717, 1.165) is 20.5 Å². The van der Waals surface area contributed by atoms with E-state index in [0.29, 0.717) is 5.52 Å². The van der Waals surface area contributed by atoms with Gasteiger partial charge in [0.25, 0.3) is 0 Å². The topological polar surface area (TPSA) is 30.0 Å². The molecule has 0 aliphatic carbocycles. The summed E-state index contributed by atoms with van der Waals surface area (Å²) in [7, 11) is 0. The third-order valence-corrected chi connectivity index (χ3v) is 3.69. The number of aryl methyl sites for hydroxylation is 1. The highest BCUT2D eigenvalue weighted by Crippen LogP contribution is 2.23. The number of aromatic nitrogens is 1. The molecule has 0 fully saturated rings. The predicted molar refractivity (Wildman–Crippen MR) is 68.1 cm³/mol. The van der Waals surface area contributed by atoms with E-state index in [1.807, 2.05) is 43.3 Å². The molecule has 2 heterocycles. The molecule has 0 N–H and O–H groups in total. The molecular weight excluding hydrogens is 218 g/mol. The Morgan fingerprint density at radius 3 is 2.75 bits per heavy atom. The average Bonchev–Trinajstić information content (AvgIpc) is 2.31. The minimum atomic E-state index is 0.0352. The van der Waals surface area contributed by atoms with Crippen molar-refractivity contribution >= 4 is 31.6 Å². The van der Waals surface area contributed by atoms with E-state index >= 15 is 0 Å². The van der Waals surface area contributed by atoms with Crippen LogP contribution in [0.1, 0.15) is 5.69 Å². The van der Waals surface area contributed by atoms with Gasteiger partial charge in [-0.1, -0.05) is 12.1 Å². The molecule has 0 atom stereocenters. The standard InChI is InChI=1S/C13H9NOS/c1-8-6-7-11-12(14-8)13(15)9-4-2-3-5-10(9)16-11/h2-7H,1H3. The fourth-order valence-electron chi connectivity index (χ4n) is 1.78. The van der Waals surface area contributed by atoms with Gasteiger partial charge in [0.1, 0.15) is 5.52 Å². The second kappa shape index (κ2) is 3.39. The molecule has 2 nitrogen and oxygen atoms in total. The summed E-state index contributed by atoms with van der Waals surface area (Å²) < 4.78 is 1.97. The van der Waals surface area contributed by atoms with Gasteiger partial charge in [-0.05, 0) is 31.2 Å². The molecule has 3 rings (SSSR count). The van der Waals surface area contributed by atoms with E-state index in [1.165, 1.54) is 0 Å². The number of nitrogens with zero attached hydrogens (tertiary/aromatic N) is 1. The van der Waals surface area contributed by atoms with Gasteiger partial charge in [-0.2, -0.15) is 0 Å². The number of pyridine rings is 1. The first-order chi connectivity index (χ1) is 7.75. The van der Waals surface area contributed by atoms with Crippen molar-refractivity contribution in [1.82, 2.24) is 4.98 Å². The Labute approximate surface area is 96.2 Å². The zero-order chi connectivity index (χ0) is 11.1. The highest BCUT2D eigenvalue weighted by atomic mass is 32.1. The Kier molecular flexibility index (Phi) is 2.01.